The molecule has 19 heavy (non-hydrogen) atoms. The van der Waals surface area contributed by atoms with E-state index in [0.717, 1.165) is 22.4 Å². The van der Waals surface area contributed by atoms with Gasteiger partial charge in [0.15, 0.2) is 0 Å². The fourth-order valence-corrected chi connectivity index (χ4v) is 2.31. The van der Waals surface area contributed by atoms with Crippen LogP contribution in [-0.2, 0) is 5.33 Å². The van der Waals surface area contributed by atoms with Gasteiger partial charge in [0.2, 0.25) is 0 Å². The molecule has 0 radical (unpaired) electrons. The van der Waals surface area contributed by atoms with E-state index in [1.165, 1.54) is 11.1 Å². The Kier molecular flexibility index (Phi) is 4.65. The second-order valence-corrected chi connectivity index (χ2v) is 5.62. The van der Waals surface area contributed by atoms with Crippen LogP contribution in [0, 0.1) is 6.92 Å². The number of hydrogen-bond acceptors (Lipinski definition) is 1. The minimum atomic E-state index is 0.550. The molecule has 0 N–H and O–H groups in total. The molecule has 0 spiro atoms. The standard InChI is InChI=1S/C17H19BrO/c1-12(2)15-5-7-16(8-6-15)19-17-9-4-14(11-18)10-13(17)3/h4-10,12H,11H2,1-3H3. The number of aryl methyl sites for hydroxylation is 1. The Labute approximate surface area is 123 Å². The molecule has 0 saturated carbocycles. The van der Waals surface area contributed by atoms with Crippen LogP contribution < -0.4 is 4.74 Å². The lowest BCUT2D eigenvalue weighted by atomic mass is 10.0. The highest BCUT2D eigenvalue weighted by molar-refractivity contribution is 9.08. The van der Waals surface area contributed by atoms with Crippen LogP contribution in [0.25, 0.3) is 0 Å². The van der Waals surface area contributed by atoms with Crippen LogP contribution >= 0.6 is 15.9 Å². The van der Waals surface area contributed by atoms with Crippen molar-refractivity contribution in [3.63, 3.8) is 0 Å². The van der Waals surface area contributed by atoms with E-state index in [-0.39, 0.29) is 0 Å². The van der Waals surface area contributed by atoms with E-state index >= 15 is 0 Å². The molecule has 0 atom stereocenters. The number of ether oxygens (including phenoxy) is 1. The van der Waals surface area contributed by atoms with Crippen molar-refractivity contribution in [1.82, 2.24) is 0 Å². The first-order chi connectivity index (χ1) is 9.10. The lowest BCUT2D eigenvalue weighted by molar-refractivity contribution is 0.478. The molecule has 0 heterocycles. The third kappa shape index (κ3) is 3.60. The quantitative estimate of drug-likeness (QED) is 0.647. The van der Waals surface area contributed by atoms with Crippen molar-refractivity contribution in [3.8, 4) is 11.5 Å². The first-order valence-corrected chi connectivity index (χ1v) is 7.65. The minimum Gasteiger partial charge on any atom is -0.457 e. The molecule has 2 aromatic rings. The highest BCUT2D eigenvalue weighted by Gasteiger charge is 2.04. The maximum Gasteiger partial charge on any atom is 0.130 e. The molecule has 2 aromatic carbocycles. The molecular weight excluding hydrogens is 300 g/mol. The molecule has 100 valence electrons. The Morgan fingerprint density at radius 1 is 1.05 bits per heavy atom. The van der Waals surface area contributed by atoms with E-state index < -0.39 is 0 Å². The summed E-state index contributed by atoms with van der Waals surface area (Å²) in [6, 6.07) is 14.6. The molecular formula is C17H19BrO. The molecule has 1 nitrogen and oxygen atoms in total. The topological polar surface area (TPSA) is 9.23 Å². The van der Waals surface area contributed by atoms with E-state index in [2.05, 4.69) is 61.0 Å². The predicted molar refractivity (Wildman–Crippen MR) is 84.4 cm³/mol. The molecule has 0 saturated heterocycles. The van der Waals surface area contributed by atoms with Gasteiger partial charge >= 0.3 is 0 Å². The summed E-state index contributed by atoms with van der Waals surface area (Å²) in [5, 5.41) is 0.872. The molecule has 2 rings (SSSR count). The zero-order chi connectivity index (χ0) is 13.8. The van der Waals surface area contributed by atoms with Crippen LogP contribution in [0.1, 0.15) is 36.5 Å². The SMILES string of the molecule is Cc1cc(CBr)ccc1Oc1ccc(C(C)C)cc1. The van der Waals surface area contributed by atoms with Gasteiger partial charge in [0.05, 0.1) is 0 Å². The van der Waals surface area contributed by atoms with Crippen molar-refractivity contribution in [2.24, 2.45) is 0 Å². The van der Waals surface area contributed by atoms with E-state index in [0.29, 0.717) is 5.92 Å². The second kappa shape index (κ2) is 6.25. The molecule has 0 unspecified atom stereocenters. The second-order valence-electron chi connectivity index (χ2n) is 5.06. The summed E-state index contributed by atoms with van der Waals surface area (Å²) in [7, 11) is 0. The van der Waals surface area contributed by atoms with E-state index in [1.54, 1.807) is 0 Å². The fourth-order valence-electron chi connectivity index (χ4n) is 1.96. The van der Waals surface area contributed by atoms with Crippen molar-refractivity contribution in [1.29, 1.82) is 0 Å². The summed E-state index contributed by atoms with van der Waals surface area (Å²) in [4.78, 5) is 0. The predicted octanol–water partition coefficient (Wildman–Crippen LogP) is 5.81. The van der Waals surface area contributed by atoms with Crippen LogP contribution in [0.3, 0.4) is 0 Å². The molecule has 0 aliphatic rings. The van der Waals surface area contributed by atoms with Gasteiger partial charge < -0.3 is 4.74 Å². The third-order valence-corrected chi connectivity index (χ3v) is 3.82. The Bertz CT molecular complexity index is 544. The van der Waals surface area contributed by atoms with E-state index in [4.69, 9.17) is 4.74 Å². The molecule has 0 aromatic heterocycles. The Hall–Kier alpha value is -1.28. The fraction of sp³-hybridized carbons (Fsp3) is 0.294. The monoisotopic (exact) mass is 318 g/mol. The number of alkyl halides is 1. The third-order valence-electron chi connectivity index (χ3n) is 3.17. The van der Waals surface area contributed by atoms with Crippen molar-refractivity contribution in [2.75, 3.05) is 0 Å². The summed E-state index contributed by atoms with van der Waals surface area (Å²) >= 11 is 3.46. The van der Waals surface area contributed by atoms with Crippen LogP contribution in [0.2, 0.25) is 0 Å². The average molecular weight is 319 g/mol. The van der Waals surface area contributed by atoms with Gasteiger partial charge in [-0.05, 0) is 47.7 Å². The lowest BCUT2D eigenvalue weighted by Gasteiger charge is -2.11. The number of hydrogen-bond donors (Lipinski definition) is 0. The van der Waals surface area contributed by atoms with Crippen molar-refractivity contribution in [2.45, 2.75) is 32.0 Å². The first kappa shape index (κ1) is 14.1. The molecule has 0 amide bonds. The molecule has 0 fully saturated rings. The van der Waals surface area contributed by atoms with E-state index in [1.807, 2.05) is 18.2 Å². The van der Waals surface area contributed by atoms with Crippen molar-refractivity contribution < 1.29 is 4.74 Å². The molecule has 0 bridgehead atoms. The lowest BCUT2D eigenvalue weighted by Crippen LogP contribution is -1.91. The van der Waals surface area contributed by atoms with Crippen LogP contribution in [0.15, 0.2) is 42.5 Å². The van der Waals surface area contributed by atoms with Gasteiger partial charge in [0, 0.05) is 5.33 Å². The summed E-state index contributed by atoms with van der Waals surface area (Å²) in [6.07, 6.45) is 0. The summed E-state index contributed by atoms with van der Waals surface area (Å²) < 4.78 is 5.93. The first-order valence-electron chi connectivity index (χ1n) is 6.53. The average Bonchev–Trinajstić information content (AvgIpc) is 2.41. The maximum atomic E-state index is 5.93. The van der Waals surface area contributed by atoms with Gasteiger partial charge in [0.1, 0.15) is 11.5 Å². The minimum absolute atomic E-state index is 0.550. The van der Waals surface area contributed by atoms with Crippen molar-refractivity contribution in [3.05, 3.63) is 59.2 Å². The van der Waals surface area contributed by atoms with Crippen molar-refractivity contribution >= 4 is 15.9 Å². The van der Waals surface area contributed by atoms with Gasteiger partial charge in [-0.2, -0.15) is 0 Å². The van der Waals surface area contributed by atoms with Gasteiger partial charge in [-0.25, -0.2) is 0 Å². The van der Waals surface area contributed by atoms with Crippen LogP contribution in [0.5, 0.6) is 11.5 Å². The summed E-state index contributed by atoms with van der Waals surface area (Å²) in [5.74, 6) is 2.36. The normalized spacial score (nSPS) is 10.8. The van der Waals surface area contributed by atoms with Gasteiger partial charge in [-0.1, -0.05) is 54.0 Å². The highest BCUT2D eigenvalue weighted by atomic mass is 79.9. The van der Waals surface area contributed by atoms with Gasteiger partial charge in [-0.15, -0.1) is 0 Å². The number of benzene rings is 2. The Morgan fingerprint density at radius 2 is 1.74 bits per heavy atom. The Balaban J connectivity index is 2.16. The van der Waals surface area contributed by atoms with Crippen LogP contribution in [0.4, 0.5) is 0 Å². The zero-order valence-corrected chi connectivity index (χ0v) is 13.2. The number of rotatable bonds is 4. The maximum absolute atomic E-state index is 5.93. The smallest absolute Gasteiger partial charge is 0.130 e. The molecule has 0 aliphatic heterocycles. The summed E-state index contributed by atoms with van der Waals surface area (Å²) in [6.45, 7) is 6.46. The van der Waals surface area contributed by atoms with Crippen LogP contribution in [-0.4, -0.2) is 0 Å². The van der Waals surface area contributed by atoms with Gasteiger partial charge in [-0.3, -0.25) is 0 Å². The zero-order valence-electron chi connectivity index (χ0n) is 11.6. The largest absolute Gasteiger partial charge is 0.457 e. The highest BCUT2D eigenvalue weighted by Crippen LogP contribution is 2.27. The Morgan fingerprint density at radius 3 is 2.26 bits per heavy atom. The number of halogens is 1. The van der Waals surface area contributed by atoms with Gasteiger partial charge in [0.25, 0.3) is 0 Å². The summed E-state index contributed by atoms with van der Waals surface area (Å²) in [5.41, 5.74) is 3.75. The molecule has 2 heteroatoms. The molecule has 0 aliphatic carbocycles. The van der Waals surface area contributed by atoms with E-state index in [9.17, 15) is 0 Å².